The van der Waals surface area contributed by atoms with Crippen molar-refractivity contribution in [1.82, 2.24) is 30.3 Å². The molecule has 1 aliphatic carbocycles. The third-order valence-corrected chi connectivity index (χ3v) is 10.3. The number of hydrogen-bond donors (Lipinski definition) is 2. The molecular formula is C29H42F2N6O2S. The molecule has 2 aromatic rings. The Kier molecular flexibility index (Phi) is 8.61. The summed E-state index contributed by atoms with van der Waals surface area (Å²) in [7, 11) is 1.60. The molecule has 3 atom stereocenters. The van der Waals surface area contributed by atoms with Crippen LogP contribution in [0.25, 0.3) is 0 Å². The van der Waals surface area contributed by atoms with Crippen LogP contribution in [-0.2, 0) is 4.79 Å². The van der Waals surface area contributed by atoms with Gasteiger partial charge in [0.15, 0.2) is 0 Å². The third-order valence-electron chi connectivity index (χ3n) is 9.14. The Labute approximate surface area is 239 Å². The molecule has 0 aromatic carbocycles. The number of halogens is 2. The fourth-order valence-electron chi connectivity index (χ4n) is 6.99. The lowest BCUT2D eigenvalue weighted by atomic mass is 9.86. The van der Waals surface area contributed by atoms with Crippen LogP contribution in [0.5, 0.6) is 0 Å². The number of carbonyl (C=O) groups is 2. The largest absolute Gasteiger partial charge is 0.354 e. The molecule has 8 nitrogen and oxygen atoms in total. The average Bonchev–Trinajstić information content (AvgIpc) is 3.62. The first-order valence-electron chi connectivity index (χ1n) is 14.7. The number of amides is 2. The van der Waals surface area contributed by atoms with Crippen molar-refractivity contribution in [2.45, 2.75) is 115 Å². The van der Waals surface area contributed by atoms with Crippen LogP contribution in [0.2, 0.25) is 0 Å². The van der Waals surface area contributed by atoms with Crippen LogP contribution in [0.1, 0.15) is 116 Å². The van der Waals surface area contributed by atoms with Crippen molar-refractivity contribution in [2.24, 2.45) is 5.92 Å². The van der Waals surface area contributed by atoms with E-state index in [4.69, 9.17) is 0 Å². The molecule has 2 saturated heterocycles. The first-order chi connectivity index (χ1) is 19.1. The molecule has 2 aromatic heterocycles. The maximum absolute atomic E-state index is 13.7. The van der Waals surface area contributed by atoms with Gasteiger partial charge in [0, 0.05) is 61.3 Å². The van der Waals surface area contributed by atoms with Gasteiger partial charge >= 0.3 is 0 Å². The van der Waals surface area contributed by atoms with Gasteiger partial charge in [-0.2, -0.15) is 0 Å². The van der Waals surface area contributed by atoms with E-state index in [1.807, 2.05) is 13.0 Å². The standard InChI is InChI=1S/C29H42F2N6O2S/c1-17(2)26-35-34-18(3)37(26)22-15-20-5-6-21(16-22)36(20)14-11-23(24-7-8-25(40-24)28(39)32-4)33-27(38)19-9-12-29(30,31)13-10-19/h7-8,17,19-23H,5-6,9-16H2,1-4H3,(H,32,39)(H,33,38)/t20?,21?,22?,23-/m0/s1. The molecule has 1 saturated carbocycles. The maximum Gasteiger partial charge on any atom is 0.261 e. The zero-order valence-electron chi connectivity index (χ0n) is 24.0. The van der Waals surface area contributed by atoms with Crippen LogP contribution >= 0.6 is 11.3 Å². The number of carbonyl (C=O) groups excluding carboxylic acids is 2. The summed E-state index contributed by atoms with van der Waals surface area (Å²) in [5.74, 6) is -1.00. The number of aryl methyl sites for hydroxylation is 1. The second kappa shape index (κ2) is 11.8. The zero-order valence-corrected chi connectivity index (χ0v) is 24.8. The molecule has 3 aliphatic rings. The van der Waals surface area contributed by atoms with E-state index < -0.39 is 11.8 Å². The quantitative estimate of drug-likeness (QED) is 0.419. The summed E-state index contributed by atoms with van der Waals surface area (Å²) in [6.07, 6.45) is 5.08. The summed E-state index contributed by atoms with van der Waals surface area (Å²) in [5.41, 5.74) is 0. The van der Waals surface area contributed by atoms with E-state index in [9.17, 15) is 18.4 Å². The highest BCUT2D eigenvalue weighted by molar-refractivity contribution is 7.14. The first-order valence-corrected chi connectivity index (χ1v) is 15.5. The lowest BCUT2D eigenvalue weighted by Gasteiger charge is -2.40. The highest BCUT2D eigenvalue weighted by Gasteiger charge is 2.43. The average molecular weight is 577 g/mol. The van der Waals surface area contributed by atoms with Gasteiger partial charge in [0.25, 0.3) is 5.91 Å². The summed E-state index contributed by atoms with van der Waals surface area (Å²) in [5, 5.41) is 14.7. The van der Waals surface area contributed by atoms with Crippen LogP contribution in [0.15, 0.2) is 12.1 Å². The number of nitrogens with one attached hydrogen (secondary N) is 2. The molecule has 11 heteroatoms. The van der Waals surface area contributed by atoms with E-state index in [0.29, 0.717) is 35.3 Å². The zero-order chi connectivity index (χ0) is 28.6. The van der Waals surface area contributed by atoms with Crippen LogP contribution in [-0.4, -0.2) is 63.1 Å². The molecule has 0 spiro atoms. The molecule has 2 aliphatic heterocycles. The van der Waals surface area contributed by atoms with Gasteiger partial charge in [0.2, 0.25) is 11.8 Å². The van der Waals surface area contributed by atoms with Crippen molar-refractivity contribution in [2.75, 3.05) is 13.6 Å². The Morgan fingerprint density at radius 3 is 2.38 bits per heavy atom. The third kappa shape index (κ3) is 6.10. The van der Waals surface area contributed by atoms with Gasteiger partial charge in [0.05, 0.1) is 10.9 Å². The number of nitrogens with zero attached hydrogens (tertiary/aromatic N) is 4. The number of thiophene rings is 1. The molecule has 5 rings (SSSR count). The van der Waals surface area contributed by atoms with E-state index in [1.165, 1.54) is 11.3 Å². The van der Waals surface area contributed by atoms with Crippen molar-refractivity contribution in [1.29, 1.82) is 0 Å². The summed E-state index contributed by atoms with van der Waals surface area (Å²) in [4.78, 5) is 29.6. The summed E-state index contributed by atoms with van der Waals surface area (Å²) >= 11 is 1.39. The number of hydrogen-bond acceptors (Lipinski definition) is 6. The summed E-state index contributed by atoms with van der Waals surface area (Å²) < 4.78 is 29.8. The smallest absolute Gasteiger partial charge is 0.261 e. The molecule has 3 fully saturated rings. The Balaban J connectivity index is 1.27. The Morgan fingerprint density at radius 1 is 1.07 bits per heavy atom. The van der Waals surface area contributed by atoms with Crippen molar-refractivity contribution in [3.8, 4) is 0 Å². The van der Waals surface area contributed by atoms with Gasteiger partial charge < -0.3 is 15.2 Å². The van der Waals surface area contributed by atoms with E-state index in [0.717, 1.165) is 48.8 Å². The molecule has 40 heavy (non-hydrogen) atoms. The molecule has 4 heterocycles. The van der Waals surface area contributed by atoms with Gasteiger partial charge in [-0.1, -0.05) is 13.8 Å². The Morgan fingerprint density at radius 2 is 1.75 bits per heavy atom. The molecular weight excluding hydrogens is 534 g/mol. The number of piperidine rings is 1. The van der Waals surface area contributed by atoms with Gasteiger partial charge in [-0.25, -0.2) is 8.78 Å². The molecule has 220 valence electrons. The highest BCUT2D eigenvalue weighted by atomic mass is 32.1. The fraction of sp³-hybridized carbons (Fsp3) is 0.724. The van der Waals surface area contributed by atoms with Crippen LogP contribution < -0.4 is 10.6 Å². The second-order valence-corrected chi connectivity index (χ2v) is 13.3. The Bertz CT molecular complexity index is 1190. The van der Waals surface area contributed by atoms with Gasteiger partial charge in [-0.15, -0.1) is 21.5 Å². The minimum atomic E-state index is -2.67. The van der Waals surface area contributed by atoms with Crippen molar-refractivity contribution >= 4 is 23.2 Å². The van der Waals surface area contributed by atoms with Crippen molar-refractivity contribution in [3.05, 3.63) is 33.5 Å². The predicted octanol–water partition coefficient (Wildman–Crippen LogP) is 5.37. The van der Waals surface area contributed by atoms with Gasteiger partial charge in [-0.3, -0.25) is 14.5 Å². The van der Waals surface area contributed by atoms with Gasteiger partial charge in [-0.05, 0) is 64.0 Å². The normalized spacial score (nSPS) is 25.7. The molecule has 2 bridgehead atoms. The fourth-order valence-corrected chi connectivity index (χ4v) is 8.03. The monoisotopic (exact) mass is 576 g/mol. The lowest BCUT2D eigenvalue weighted by molar-refractivity contribution is -0.130. The number of alkyl halides is 2. The van der Waals surface area contributed by atoms with Gasteiger partial charge in [0.1, 0.15) is 11.6 Å². The van der Waals surface area contributed by atoms with Crippen LogP contribution in [0.3, 0.4) is 0 Å². The molecule has 2 N–H and O–H groups in total. The minimum absolute atomic E-state index is 0.152. The van der Waals surface area contributed by atoms with Crippen molar-refractivity contribution < 1.29 is 18.4 Å². The summed E-state index contributed by atoms with van der Waals surface area (Å²) in [6, 6.07) is 4.77. The van der Waals surface area contributed by atoms with Crippen LogP contribution in [0.4, 0.5) is 8.78 Å². The van der Waals surface area contributed by atoms with E-state index in [-0.39, 0.29) is 43.5 Å². The second-order valence-electron chi connectivity index (χ2n) is 12.1. The number of aromatic nitrogens is 3. The van der Waals surface area contributed by atoms with Crippen LogP contribution in [0, 0.1) is 12.8 Å². The minimum Gasteiger partial charge on any atom is -0.354 e. The predicted molar refractivity (Wildman–Crippen MR) is 151 cm³/mol. The number of rotatable bonds is 9. The SMILES string of the molecule is CNC(=O)c1ccc([C@H](CCN2C3CCC2CC(n2c(C)nnc2C(C)C)C3)NC(=O)C2CCC(F)(F)CC2)s1. The molecule has 2 amide bonds. The summed E-state index contributed by atoms with van der Waals surface area (Å²) in [6.45, 7) is 7.21. The molecule has 2 unspecified atom stereocenters. The van der Waals surface area contributed by atoms with Crippen molar-refractivity contribution in [3.63, 3.8) is 0 Å². The maximum atomic E-state index is 13.7. The number of fused-ring (bicyclic) bond motifs is 2. The van der Waals surface area contributed by atoms with E-state index in [1.54, 1.807) is 13.1 Å². The first kappa shape index (κ1) is 29.1. The highest BCUT2D eigenvalue weighted by Crippen LogP contribution is 2.43. The topological polar surface area (TPSA) is 92.2 Å². The molecule has 0 radical (unpaired) electrons. The van der Waals surface area contributed by atoms with E-state index in [2.05, 4.69) is 44.1 Å². The van der Waals surface area contributed by atoms with E-state index >= 15 is 0 Å². The lowest BCUT2D eigenvalue weighted by Crippen LogP contribution is -2.45. The Hall–Kier alpha value is -2.40.